The van der Waals surface area contributed by atoms with Crippen molar-refractivity contribution in [2.75, 3.05) is 5.32 Å². The average molecular weight is 258 g/mol. The van der Waals surface area contributed by atoms with Gasteiger partial charge in [-0.1, -0.05) is 24.3 Å². The van der Waals surface area contributed by atoms with E-state index in [0.29, 0.717) is 5.82 Å². The molecule has 3 N–H and O–H groups in total. The Labute approximate surface area is 112 Å². The van der Waals surface area contributed by atoms with E-state index in [1.807, 2.05) is 31.2 Å². The van der Waals surface area contributed by atoms with E-state index >= 15 is 0 Å². The van der Waals surface area contributed by atoms with Crippen molar-refractivity contribution >= 4 is 11.7 Å². The van der Waals surface area contributed by atoms with Crippen LogP contribution in [0.3, 0.4) is 0 Å². The predicted molar refractivity (Wildman–Crippen MR) is 74.6 cm³/mol. The normalized spacial score (nSPS) is 12.2. The Hall–Kier alpha value is -2.14. The van der Waals surface area contributed by atoms with Gasteiger partial charge in [0, 0.05) is 31.8 Å². The second kappa shape index (κ2) is 5.67. The van der Waals surface area contributed by atoms with Crippen molar-refractivity contribution in [1.82, 2.24) is 9.78 Å². The Bertz CT molecular complexity index is 576. The van der Waals surface area contributed by atoms with E-state index in [0.717, 1.165) is 11.1 Å². The predicted octanol–water partition coefficient (Wildman–Crippen LogP) is 1.76. The summed E-state index contributed by atoms with van der Waals surface area (Å²) < 4.78 is 1.64. The molecule has 1 aromatic carbocycles. The highest BCUT2D eigenvalue weighted by molar-refractivity contribution is 5.90. The van der Waals surface area contributed by atoms with Crippen LogP contribution in [0.1, 0.15) is 23.6 Å². The molecule has 1 atom stereocenters. The fourth-order valence-corrected chi connectivity index (χ4v) is 1.99. The van der Waals surface area contributed by atoms with Gasteiger partial charge in [0.25, 0.3) is 0 Å². The van der Waals surface area contributed by atoms with E-state index in [1.165, 1.54) is 0 Å². The number of benzene rings is 1. The number of hydrogen-bond acceptors (Lipinski definition) is 3. The number of aromatic nitrogens is 2. The first-order chi connectivity index (χ1) is 9.06. The van der Waals surface area contributed by atoms with Gasteiger partial charge in [0.1, 0.15) is 0 Å². The van der Waals surface area contributed by atoms with Gasteiger partial charge in [-0.3, -0.25) is 9.48 Å². The van der Waals surface area contributed by atoms with Crippen LogP contribution in [0.15, 0.2) is 36.5 Å². The molecule has 0 bridgehead atoms. The molecular weight excluding hydrogens is 240 g/mol. The van der Waals surface area contributed by atoms with Crippen molar-refractivity contribution in [2.45, 2.75) is 19.4 Å². The summed E-state index contributed by atoms with van der Waals surface area (Å²) in [5.41, 5.74) is 8.17. The summed E-state index contributed by atoms with van der Waals surface area (Å²) in [5.74, 6) is 0.416. The summed E-state index contributed by atoms with van der Waals surface area (Å²) in [6.07, 6.45) is 2.01. The molecule has 5 heteroatoms. The molecule has 0 spiro atoms. The monoisotopic (exact) mass is 258 g/mol. The number of amides is 1. The quantitative estimate of drug-likeness (QED) is 0.877. The Morgan fingerprint density at radius 2 is 2.16 bits per heavy atom. The Morgan fingerprint density at radius 1 is 1.42 bits per heavy atom. The molecule has 100 valence electrons. The minimum absolute atomic E-state index is 0.130. The number of rotatable bonds is 4. The second-order valence-electron chi connectivity index (χ2n) is 4.59. The number of nitrogens with zero attached hydrogens (tertiary/aromatic N) is 2. The molecule has 0 fully saturated rings. The van der Waals surface area contributed by atoms with Gasteiger partial charge in [0.2, 0.25) is 5.91 Å². The number of aryl methyl sites for hydroxylation is 2. The first-order valence-corrected chi connectivity index (χ1v) is 6.17. The van der Waals surface area contributed by atoms with Crippen LogP contribution >= 0.6 is 0 Å². The number of nitrogens with two attached hydrogens (primary N) is 1. The van der Waals surface area contributed by atoms with Crippen molar-refractivity contribution in [3.63, 3.8) is 0 Å². The molecule has 1 amide bonds. The van der Waals surface area contributed by atoms with Crippen LogP contribution in [0.2, 0.25) is 0 Å². The van der Waals surface area contributed by atoms with E-state index in [-0.39, 0.29) is 18.4 Å². The molecule has 0 saturated heterocycles. The third-order valence-electron chi connectivity index (χ3n) is 2.97. The smallest absolute Gasteiger partial charge is 0.227 e. The lowest BCUT2D eigenvalue weighted by molar-refractivity contribution is -0.116. The standard InChI is InChI=1S/C14H18N4O/c1-10-5-3-4-6-11(10)12(15)9-14(19)16-13-7-8-18(2)17-13/h3-8,12H,9,15H2,1-2H3,(H,16,17,19)/t12-/m0/s1. The fourth-order valence-electron chi connectivity index (χ4n) is 1.99. The SMILES string of the molecule is Cc1ccccc1[C@@H](N)CC(=O)Nc1ccn(C)n1. The summed E-state index contributed by atoms with van der Waals surface area (Å²) in [5, 5.41) is 6.82. The molecule has 2 aromatic rings. The van der Waals surface area contributed by atoms with E-state index in [1.54, 1.807) is 24.0 Å². The van der Waals surface area contributed by atoms with E-state index < -0.39 is 0 Å². The molecule has 5 nitrogen and oxygen atoms in total. The topological polar surface area (TPSA) is 72.9 Å². The van der Waals surface area contributed by atoms with Gasteiger partial charge < -0.3 is 11.1 Å². The number of anilines is 1. The molecule has 0 unspecified atom stereocenters. The summed E-state index contributed by atoms with van der Waals surface area (Å²) in [6.45, 7) is 1.99. The summed E-state index contributed by atoms with van der Waals surface area (Å²) >= 11 is 0. The van der Waals surface area contributed by atoms with Crippen LogP contribution in [0.4, 0.5) is 5.82 Å². The van der Waals surface area contributed by atoms with Crippen molar-refractivity contribution in [3.8, 4) is 0 Å². The first-order valence-electron chi connectivity index (χ1n) is 6.17. The van der Waals surface area contributed by atoms with Crippen molar-refractivity contribution in [2.24, 2.45) is 12.8 Å². The van der Waals surface area contributed by atoms with E-state index in [4.69, 9.17) is 5.73 Å². The fraction of sp³-hybridized carbons (Fsp3) is 0.286. The molecule has 0 aliphatic rings. The molecular formula is C14H18N4O. The number of carbonyl (C=O) groups is 1. The number of carbonyl (C=O) groups excluding carboxylic acids is 1. The minimum Gasteiger partial charge on any atom is -0.324 e. The van der Waals surface area contributed by atoms with Crippen LogP contribution in [-0.4, -0.2) is 15.7 Å². The van der Waals surface area contributed by atoms with Gasteiger partial charge in [0.05, 0.1) is 0 Å². The third-order valence-corrected chi connectivity index (χ3v) is 2.97. The lowest BCUT2D eigenvalue weighted by Gasteiger charge is -2.13. The zero-order valence-corrected chi connectivity index (χ0v) is 11.1. The maximum atomic E-state index is 11.9. The maximum Gasteiger partial charge on any atom is 0.227 e. The Kier molecular flexibility index (Phi) is 3.97. The van der Waals surface area contributed by atoms with Gasteiger partial charge in [-0.25, -0.2) is 0 Å². The second-order valence-corrected chi connectivity index (χ2v) is 4.59. The minimum atomic E-state index is -0.301. The van der Waals surface area contributed by atoms with Gasteiger partial charge in [-0.15, -0.1) is 0 Å². The highest BCUT2D eigenvalue weighted by Crippen LogP contribution is 2.18. The lowest BCUT2D eigenvalue weighted by Crippen LogP contribution is -2.21. The molecule has 19 heavy (non-hydrogen) atoms. The van der Waals surface area contributed by atoms with Gasteiger partial charge >= 0.3 is 0 Å². The molecule has 0 aliphatic heterocycles. The Morgan fingerprint density at radius 3 is 2.79 bits per heavy atom. The molecule has 0 radical (unpaired) electrons. The van der Waals surface area contributed by atoms with Crippen LogP contribution in [0, 0.1) is 6.92 Å². The first kappa shape index (κ1) is 13.3. The highest BCUT2D eigenvalue weighted by Gasteiger charge is 2.14. The van der Waals surface area contributed by atoms with E-state index in [2.05, 4.69) is 10.4 Å². The van der Waals surface area contributed by atoms with Crippen LogP contribution in [-0.2, 0) is 11.8 Å². The zero-order valence-electron chi connectivity index (χ0n) is 11.1. The summed E-state index contributed by atoms with van der Waals surface area (Å²) in [7, 11) is 1.80. The maximum absolute atomic E-state index is 11.9. The summed E-state index contributed by atoms with van der Waals surface area (Å²) in [6, 6.07) is 9.28. The largest absolute Gasteiger partial charge is 0.324 e. The van der Waals surface area contributed by atoms with Gasteiger partial charge in [-0.2, -0.15) is 5.10 Å². The van der Waals surface area contributed by atoms with Crippen LogP contribution < -0.4 is 11.1 Å². The summed E-state index contributed by atoms with van der Waals surface area (Å²) in [4.78, 5) is 11.9. The average Bonchev–Trinajstić information content (AvgIpc) is 2.74. The van der Waals surface area contributed by atoms with Crippen molar-refractivity contribution in [1.29, 1.82) is 0 Å². The third kappa shape index (κ3) is 3.42. The zero-order chi connectivity index (χ0) is 13.8. The molecule has 1 aromatic heterocycles. The van der Waals surface area contributed by atoms with Gasteiger partial charge in [-0.05, 0) is 18.1 Å². The lowest BCUT2D eigenvalue weighted by atomic mass is 9.99. The molecule has 0 saturated carbocycles. The van der Waals surface area contributed by atoms with Gasteiger partial charge in [0.15, 0.2) is 5.82 Å². The van der Waals surface area contributed by atoms with Crippen molar-refractivity contribution in [3.05, 3.63) is 47.7 Å². The van der Waals surface area contributed by atoms with Crippen molar-refractivity contribution < 1.29 is 4.79 Å². The van der Waals surface area contributed by atoms with Crippen LogP contribution in [0.5, 0.6) is 0 Å². The molecule has 2 rings (SSSR count). The number of hydrogen-bond donors (Lipinski definition) is 2. The van der Waals surface area contributed by atoms with E-state index in [9.17, 15) is 4.79 Å². The van der Waals surface area contributed by atoms with Crippen LogP contribution in [0.25, 0.3) is 0 Å². The molecule has 1 heterocycles. The number of nitrogens with one attached hydrogen (secondary N) is 1. The molecule has 0 aliphatic carbocycles. The highest BCUT2D eigenvalue weighted by atomic mass is 16.1. The Balaban J connectivity index is 1.97.